The van der Waals surface area contributed by atoms with E-state index in [9.17, 15) is 8.42 Å². The van der Waals surface area contributed by atoms with Gasteiger partial charge in [0.05, 0.1) is 6.20 Å². The van der Waals surface area contributed by atoms with Crippen molar-refractivity contribution >= 4 is 26.9 Å². The molecule has 150 valence electrons. The van der Waals surface area contributed by atoms with Crippen molar-refractivity contribution in [1.82, 2.24) is 14.5 Å². The van der Waals surface area contributed by atoms with Crippen molar-refractivity contribution in [3.8, 4) is 5.88 Å². The lowest BCUT2D eigenvalue weighted by Crippen LogP contribution is -2.41. The highest BCUT2D eigenvalue weighted by Gasteiger charge is 2.27. The number of ether oxygens (including phenoxy) is 1. The minimum Gasteiger partial charge on any atom is -0.473 e. The summed E-state index contributed by atoms with van der Waals surface area (Å²) in [6.07, 6.45) is 4.49. The SMILES string of the molecule is Cc1ccc(/C=C/S(=O)(=O)N2CCC(Oc3nncc4ccccc34)CC2)cc1. The largest absolute Gasteiger partial charge is 0.473 e. The second-order valence-electron chi connectivity index (χ2n) is 7.21. The predicted molar refractivity (Wildman–Crippen MR) is 114 cm³/mol. The van der Waals surface area contributed by atoms with Crippen LogP contribution in [0.1, 0.15) is 24.0 Å². The number of benzene rings is 2. The summed E-state index contributed by atoms with van der Waals surface area (Å²) in [5.74, 6) is 0.503. The number of rotatable bonds is 5. The standard InChI is InChI=1S/C22H23N3O3S/c1-17-6-8-18(9-7-17)12-15-29(26,27)25-13-10-20(11-14-25)28-22-21-5-3-2-4-19(21)16-23-24-22/h2-9,12,15-16,20H,10-11,13-14H2,1H3/b15-12+. The first-order valence-corrected chi connectivity index (χ1v) is 11.1. The van der Waals surface area contributed by atoms with Crippen LogP contribution in [0.15, 0.2) is 60.1 Å². The Labute approximate surface area is 170 Å². The second kappa shape index (κ2) is 8.31. The zero-order valence-electron chi connectivity index (χ0n) is 16.2. The summed E-state index contributed by atoms with van der Waals surface area (Å²) in [6, 6.07) is 15.5. The minimum absolute atomic E-state index is 0.0809. The van der Waals surface area contributed by atoms with E-state index in [-0.39, 0.29) is 6.10 Å². The zero-order valence-corrected chi connectivity index (χ0v) is 17.0. The second-order valence-corrected chi connectivity index (χ2v) is 9.03. The maximum atomic E-state index is 12.6. The van der Waals surface area contributed by atoms with Gasteiger partial charge in [-0.1, -0.05) is 48.0 Å². The van der Waals surface area contributed by atoms with E-state index in [2.05, 4.69) is 10.2 Å². The topological polar surface area (TPSA) is 72.4 Å². The molecule has 1 fully saturated rings. The summed E-state index contributed by atoms with van der Waals surface area (Å²) in [4.78, 5) is 0. The zero-order chi connectivity index (χ0) is 20.3. The van der Waals surface area contributed by atoms with Crippen LogP contribution in [0.5, 0.6) is 5.88 Å². The van der Waals surface area contributed by atoms with Crippen LogP contribution in [-0.2, 0) is 10.0 Å². The molecule has 1 aliphatic heterocycles. The molecular weight excluding hydrogens is 386 g/mol. The molecular formula is C22H23N3O3S. The van der Waals surface area contributed by atoms with Crippen LogP contribution in [0, 0.1) is 6.92 Å². The highest BCUT2D eigenvalue weighted by molar-refractivity contribution is 7.92. The molecule has 6 nitrogen and oxygen atoms in total. The number of aromatic nitrogens is 2. The van der Waals surface area contributed by atoms with Crippen molar-refractivity contribution in [2.24, 2.45) is 0 Å². The number of fused-ring (bicyclic) bond motifs is 1. The van der Waals surface area contributed by atoms with Crippen molar-refractivity contribution in [3.63, 3.8) is 0 Å². The van der Waals surface area contributed by atoms with E-state index in [1.165, 1.54) is 9.71 Å². The highest BCUT2D eigenvalue weighted by Crippen LogP contribution is 2.25. The lowest BCUT2D eigenvalue weighted by molar-refractivity contribution is 0.131. The van der Waals surface area contributed by atoms with E-state index in [1.54, 1.807) is 12.3 Å². The smallest absolute Gasteiger partial charge is 0.241 e. The van der Waals surface area contributed by atoms with Gasteiger partial charge in [0.25, 0.3) is 0 Å². The number of piperidine rings is 1. The molecule has 2 heterocycles. The van der Waals surface area contributed by atoms with Crippen molar-refractivity contribution in [2.75, 3.05) is 13.1 Å². The Bertz CT molecular complexity index is 1110. The van der Waals surface area contributed by atoms with Crippen LogP contribution in [0.3, 0.4) is 0 Å². The fraction of sp³-hybridized carbons (Fsp3) is 0.273. The Hall–Kier alpha value is -2.77. The van der Waals surface area contributed by atoms with Crippen LogP contribution >= 0.6 is 0 Å². The Morgan fingerprint density at radius 2 is 1.79 bits per heavy atom. The summed E-state index contributed by atoms with van der Waals surface area (Å²) < 4.78 is 32.8. The average molecular weight is 410 g/mol. The first-order valence-electron chi connectivity index (χ1n) is 9.63. The average Bonchev–Trinajstić information content (AvgIpc) is 2.74. The maximum absolute atomic E-state index is 12.6. The molecule has 0 atom stereocenters. The van der Waals surface area contributed by atoms with Crippen LogP contribution in [-0.4, -0.2) is 42.1 Å². The molecule has 0 bridgehead atoms. The van der Waals surface area contributed by atoms with Gasteiger partial charge in [-0.05, 0) is 37.5 Å². The predicted octanol–water partition coefficient (Wildman–Crippen LogP) is 3.78. The van der Waals surface area contributed by atoms with Gasteiger partial charge in [0.15, 0.2) is 0 Å². The van der Waals surface area contributed by atoms with Gasteiger partial charge in [-0.3, -0.25) is 0 Å². The molecule has 1 aromatic heterocycles. The van der Waals surface area contributed by atoms with Gasteiger partial charge >= 0.3 is 0 Å². The Balaban J connectivity index is 1.39. The maximum Gasteiger partial charge on any atom is 0.241 e. The monoisotopic (exact) mass is 409 g/mol. The van der Waals surface area contributed by atoms with Crippen molar-refractivity contribution < 1.29 is 13.2 Å². The molecule has 0 amide bonds. The molecule has 0 radical (unpaired) electrons. The molecule has 4 rings (SSSR count). The summed E-state index contributed by atoms with van der Waals surface area (Å²) in [6.45, 7) is 2.84. The van der Waals surface area contributed by atoms with Crippen LogP contribution in [0.4, 0.5) is 0 Å². The fourth-order valence-electron chi connectivity index (χ4n) is 3.38. The quantitative estimate of drug-likeness (QED) is 0.641. The number of hydrogen-bond acceptors (Lipinski definition) is 5. The van der Waals surface area contributed by atoms with Gasteiger partial charge in [0.1, 0.15) is 6.10 Å². The Morgan fingerprint density at radius 3 is 2.55 bits per heavy atom. The lowest BCUT2D eigenvalue weighted by atomic mass is 10.1. The number of nitrogens with zero attached hydrogens (tertiary/aromatic N) is 3. The first kappa shape index (κ1) is 19.5. The minimum atomic E-state index is -3.45. The molecule has 0 saturated carbocycles. The fourth-order valence-corrected chi connectivity index (χ4v) is 4.60. The van der Waals surface area contributed by atoms with Gasteiger partial charge < -0.3 is 4.74 Å². The number of hydrogen-bond donors (Lipinski definition) is 0. The molecule has 0 N–H and O–H groups in total. The summed E-state index contributed by atoms with van der Waals surface area (Å²) >= 11 is 0. The molecule has 2 aromatic carbocycles. The lowest BCUT2D eigenvalue weighted by Gasteiger charge is -2.30. The molecule has 3 aromatic rings. The van der Waals surface area contributed by atoms with E-state index >= 15 is 0 Å². The molecule has 1 saturated heterocycles. The van der Waals surface area contributed by atoms with Crippen LogP contribution in [0.2, 0.25) is 0 Å². The van der Waals surface area contributed by atoms with Gasteiger partial charge in [0.2, 0.25) is 15.9 Å². The van der Waals surface area contributed by atoms with Gasteiger partial charge in [-0.2, -0.15) is 9.40 Å². The molecule has 29 heavy (non-hydrogen) atoms. The molecule has 1 aliphatic rings. The summed E-state index contributed by atoms with van der Waals surface area (Å²) in [5.41, 5.74) is 2.01. The van der Waals surface area contributed by atoms with Crippen LogP contribution < -0.4 is 4.74 Å². The summed E-state index contributed by atoms with van der Waals surface area (Å²) in [7, 11) is -3.45. The van der Waals surface area contributed by atoms with E-state index in [0.717, 1.165) is 21.9 Å². The summed E-state index contributed by atoms with van der Waals surface area (Å²) in [5, 5.41) is 11.3. The molecule has 0 unspecified atom stereocenters. The van der Waals surface area contributed by atoms with E-state index in [1.807, 2.05) is 55.5 Å². The van der Waals surface area contributed by atoms with E-state index in [4.69, 9.17) is 4.74 Å². The van der Waals surface area contributed by atoms with Gasteiger partial charge in [-0.25, -0.2) is 8.42 Å². The van der Waals surface area contributed by atoms with Gasteiger partial charge in [-0.15, -0.1) is 5.10 Å². The van der Waals surface area contributed by atoms with Crippen LogP contribution in [0.25, 0.3) is 16.8 Å². The third-order valence-corrected chi connectivity index (χ3v) is 6.65. The first-order chi connectivity index (χ1) is 14.0. The van der Waals surface area contributed by atoms with Crippen molar-refractivity contribution in [3.05, 3.63) is 71.3 Å². The van der Waals surface area contributed by atoms with E-state index in [0.29, 0.717) is 31.8 Å². The van der Waals surface area contributed by atoms with Crippen molar-refractivity contribution in [2.45, 2.75) is 25.9 Å². The molecule has 7 heteroatoms. The normalized spacial score (nSPS) is 16.4. The Morgan fingerprint density at radius 1 is 1.07 bits per heavy atom. The number of aryl methyl sites for hydroxylation is 1. The molecule has 0 spiro atoms. The Kier molecular flexibility index (Phi) is 5.60. The third-order valence-electron chi connectivity index (χ3n) is 5.09. The van der Waals surface area contributed by atoms with Gasteiger partial charge in [0, 0.05) is 29.3 Å². The highest BCUT2D eigenvalue weighted by atomic mass is 32.2. The molecule has 0 aliphatic carbocycles. The number of sulfonamides is 1. The van der Waals surface area contributed by atoms with E-state index < -0.39 is 10.0 Å². The van der Waals surface area contributed by atoms with Crippen molar-refractivity contribution in [1.29, 1.82) is 0 Å². The third kappa shape index (κ3) is 4.63.